The second kappa shape index (κ2) is 22.8. The van der Waals surface area contributed by atoms with Gasteiger partial charge in [0.25, 0.3) is 0 Å². The highest BCUT2D eigenvalue weighted by atomic mass is 16.4. The third kappa shape index (κ3) is 22.5. The van der Waals surface area contributed by atoms with Gasteiger partial charge in [-0.2, -0.15) is 0 Å². The molecular weight excluding hydrogens is 172 g/mol. The Kier molecular flexibility index (Phi) is 30.7. The lowest BCUT2D eigenvalue weighted by molar-refractivity contribution is 0.277. The van der Waals surface area contributed by atoms with Crippen molar-refractivity contribution in [3.05, 3.63) is 35.9 Å². The molecule has 1 aromatic rings. The fourth-order valence-corrected chi connectivity index (χ4v) is 0.534. The van der Waals surface area contributed by atoms with Crippen LogP contribution in [0, 0.1) is 6.92 Å². The standard InChI is InChI=1S/C7H8.C2H6O.2C2H6/c1-7-5-3-2-4-6-7;1-3-2;2*1-2/h2-6H,1H3;1-2H3;2*1-2H3. The van der Waals surface area contributed by atoms with E-state index in [1.165, 1.54) is 5.56 Å². The summed E-state index contributed by atoms with van der Waals surface area (Å²) in [6, 6.07) is 10.3. The summed E-state index contributed by atoms with van der Waals surface area (Å²) in [6.07, 6.45) is 0. The maximum atomic E-state index is 4.25. The van der Waals surface area contributed by atoms with E-state index in [9.17, 15) is 0 Å². The van der Waals surface area contributed by atoms with Crippen molar-refractivity contribution in [2.24, 2.45) is 0 Å². The first-order valence-electron chi connectivity index (χ1n) is 5.23. The first kappa shape index (κ1) is 18.9. The van der Waals surface area contributed by atoms with E-state index >= 15 is 0 Å². The third-order valence-corrected chi connectivity index (χ3v) is 0.940. The Hall–Kier alpha value is -0.820. The second-order valence-electron chi connectivity index (χ2n) is 2.06. The summed E-state index contributed by atoms with van der Waals surface area (Å²) >= 11 is 0. The van der Waals surface area contributed by atoms with Gasteiger partial charge in [0.05, 0.1) is 0 Å². The molecule has 0 unspecified atom stereocenters. The lowest BCUT2D eigenvalue weighted by atomic mass is 10.2. The van der Waals surface area contributed by atoms with E-state index in [1.807, 2.05) is 45.9 Å². The lowest BCUT2D eigenvalue weighted by Crippen LogP contribution is -1.62. The smallest absolute Gasteiger partial charge is 0.0351 e. The fourth-order valence-electron chi connectivity index (χ4n) is 0.534. The van der Waals surface area contributed by atoms with Crippen LogP contribution in [-0.2, 0) is 4.74 Å². The van der Waals surface area contributed by atoms with Gasteiger partial charge in [0.1, 0.15) is 0 Å². The Balaban J connectivity index is -0.000000148. The minimum atomic E-state index is 1.32. The molecule has 0 amide bonds. The van der Waals surface area contributed by atoms with Crippen molar-refractivity contribution in [3.63, 3.8) is 0 Å². The van der Waals surface area contributed by atoms with Crippen molar-refractivity contribution < 1.29 is 4.74 Å². The minimum Gasteiger partial charge on any atom is -0.388 e. The highest BCUT2D eigenvalue weighted by Crippen LogP contribution is 1.92. The van der Waals surface area contributed by atoms with Crippen LogP contribution in [-0.4, -0.2) is 14.2 Å². The van der Waals surface area contributed by atoms with Gasteiger partial charge in [-0.05, 0) is 6.92 Å². The summed E-state index contributed by atoms with van der Waals surface area (Å²) in [5.74, 6) is 0. The molecule has 0 heterocycles. The number of aryl methyl sites for hydroxylation is 1. The normalized spacial score (nSPS) is 6.50. The Bertz CT molecular complexity index is 147. The molecule has 84 valence electrons. The van der Waals surface area contributed by atoms with Crippen LogP contribution in [0.2, 0.25) is 0 Å². The number of rotatable bonds is 0. The summed E-state index contributed by atoms with van der Waals surface area (Å²) in [5, 5.41) is 0. The largest absolute Gasteiger partial charge is 0.388 e. The Morgan fingerprint density at radius 1 is 0.786 bits per heavy atom. The van der Waals surface area contributed by atoms with Crippen molar-refractivity contribution >= 4 is 0 Å². The van der Waals surface area contributed by atoms with Crippen LogP contribution in [0.25, 0.3) is 0 Å². The molecule has 0 aromatic heterocycles. The highest BCUT2D eigenvalue weighted by molar-refractivity contribution is 5.11. The molecule has 1 nitrogen and oxygen atoms in total. The molecule has 0 spiro atoms. The molecule has 1 aromatic carbocycles. The SMILES string of the molecule is CC.CC.COC.Cc1ccccc1. The molecule has 0 N–H and O–H groups in total. The predicted octanol–water partition coefficient (Wildman–Crippen LogP) is 4.31. The van der Waals surface area contributed by atoms with Crippen LogP contribution in [0.3, 0.4) is 0 Å². The van der Waals surface area contributed by atoms with Crippen LogP contribution < -0.4 is 0 Å². The van der Waals surface area contributed by atoms with Crippen molar-refractivity contribution in [1.82, 2.24) is 0 Å². The monoisotopic (exact) mass is 198 g/mol. The molecule has 0 aliphatic carbocycles. The maximum Gasteiger partial charge on any atom is 0.0351 e. The van der Waals surface area contributed by atoms with E-state index in [0.29, 0.717) is 0 Å². The molecule has 0 saturated carbocycles. The van der Waals surface area contributed by atoms with E-state index < -0.39 is 0 Å². The Morgan fingerprint density at radius 2 is 1.07 bits per heavy atom. The number of ether oxygens (including phenoxy) is 1. The molecule has 1 rings (SSSR count). The van der Waals surface area contributed by atoms with Crippen LogP contribution in [0.15, 0.2) is 30.3 Å². The van der Waals surface area contributed by atoms with E-state index in [-0.39, 0.29) is 0 Å². The summed E-state index contributed by atoms with van der Waals surface area (Å²) in [4.78, 5) is 0. The van der Waals surface area contributed by atoms with Crippen molar-refractivity contribution in [2.45, 2.75) is 34.6 Å². The van der Waals surface area contributed by atoms with E-state index in [0.717, 1.165) is 0 Å². The Labute approximate surface area is 90.1 Å². The molecule has 0 saturated heterocycles. The average Bonchev–Trinajstić information content (AvgIpc) is 2.26. The molecule has 0 bridgehead atoms. The fraction of sp³-hybridized carbons (Fsp3) is 0.538. The number of methoxy groups -OCH3 is 1. The zero-order valence-electron chi connectivity index (χ0n) is 10.8. The molecule has 0 atom stereocenters. The van der Waals surface area contributed by atoms with Gasteiger partial charge in [0, 0.05) is 14.2 Å². The zero-order valence-corrected chi connectivity index (χ0v) is 10.8. The van der Waals surface area contributed by atoms with Crippen LogP contribution in [0.5, 0.6) is 0 Å². The zero-order chi connectivity index (χ0) is 11.8. The van der Waals surface area contributed by atoms with Gasteiger partial charge < -0.3 is 4.74 Å². The molecule has 0 aliphatic heterocycles. The molecular formula is C13H26O. The van der Waals surface area contributed by atoms with Gasteiger partial charge >= 0.3 is 0 Å². The maximum absolute atomic E-state index is 4.25. The van der Waals surface area contributed by atoms with Crippen LogP contribution >= 0.6 is 0 Å². The molecule has 1 heteroatoms. The summed E-state index contributed by atoms with van der Waals surface area (Å²) in [7, 11) is 3.25. The van der Waals surface area contributed by atoms with Crippen molar-refractivity contribution in [1.29, 1.82) is 0 Å². The summed E-state index contributed by atoms with van der Waals surface area (Å²) in [5.41, 5.74) is 1.32. The van der Waals surface area contributed by atoms with Crippen molar-refractivity contribution in [2.75, 3.05) is 14.2 Å². The summed E-state index contributed by atoms with van der Waals surface area (Å²) < 4.78 is 4.25. The minimum absolute atomic E-state index is 1.32. The van der Waals surface area contributed by atoms with E-state index in [2.05, 4.69) is 23.8 Å². The first-order chi connectivity index (χ1) is 6.81. The predicted molar refractivity (Wildman–Crippen MR) is 66.8 cm³/mol. The van der Waals surface area contributed by atoms with Crippen molar-refractivity contribution in [3.8, 4) is 0 Å². The molecule has 0 aliphatic rings. The average molecular weight is 198 g/mol. The van der Waals surface area contributed by atoms with Gasteiger partial charge in [0.15, 0.2) is 0 Å². The first-order valence-corrected chi connectivity index (χ1v) is 5.23. The Morgan fingerprint density at radius 3 is 1.21 bits per heavy atom. The van der Waals surface area contributed by atoms with Gasteiger partial charge in [-0.3, -0.25) is 0 Å². The third-order valence-electron chi connectivity index (χ3n) is 0.940. The molecule has 0 fully saturated rings. The lowest BCUT2D eigenvalue weighted by Gasteiger charge is -1.82. The summed E-state index contributed by atoms with van der Waals surface area (Å²) in [6.45, 7) is 10.1. The van der Waals surface area contributed by atoms with Gasteiger partial charge in [-0.25, -0.2) is 0 Å². The van der Waals surface area contributed by atoms with E-state index in [4.69, 9.17) is 0 Å². The van der Waals surface area contributed by atoms with Gasteiger partial charge in [-0.1, -0.05) is 63.6 Å². The highest BCUT2D eigenvalue weighted by Gasteiger charge is 1.72. The van der Waals surface area contributed by atoms with Crippen LogP contribution in [0.4, 0.5) is 0 Å². The van der Waals surface area contributed by atoms with Gasteiger partial charge in [-0.15, -0.1) is 0 Å². The second-order valence-corrected chi connectivity index (χ2v) is 2.06. The van der Waals surface area contributed by atoms with Gasteiger partial charge in [0.2, 0.25) is 0 Å². The topological polar surface area (TPSA) is 9.23 Å². The number of benzene rings is 1. The number of hydrogen-bond acceptors (Lipinski definition) is 1. The van der Waals surface area contributed by atoms with E-state index in [1.54, 1.807) is 14.2 Å². The number of hydrogen-bond donors (Lipinski definition) is 0. The molecule has 14 heavy (non-hydrogen) atoms. The quantitative estimate of drug-likeness (QED) is 0.603. The van der Waals surface area contributed by atoms with Crippen LogP contribution in [0.1, 0.15) is 33.3 Å². The molecule has 0 radical (unpaired) electrons.